The highest BCUT2D eigenvalue weighted by Gasteiger charge is 2.26. The molecule has 5 heteroatoms. The van der Waals surface area contributed by atoms with Gasteiger partial charge in [0.1, 0.15) is 22.5 Å². The van der Waals surface area contributed by atoms with E-state index in [0.29, 0.717) is 10.9 Å². The van der Waals surface area contributed by atoms with Crippen molar-refractivity contribution in [3.8, 4) is 11.4 Å². The molecule has 0 fully saturated rings. The molecule has 0 aliphatic heterocycles. The number of hydrogen-bond donors (Lipinski definition) is 1. The summed E-state index contributed by atoms with van der Waals surface area (Å²) in [6, 6.07) is 10.3. The average molecular weight is 412 g/mol. The van der Waals surface area contributed by atoms with Crippen LogP contribution in [0.15, 0.2) is 35.2 Å². The van der Waals surface area contributed by atoms with Crippen molar-refractivity contribution in [1.82, 2.24) is 15.0 Å². The molecule has 0 radical (unpaired) electrons. The molecule has 1 unspecified atom stereocenters. The van der Waals surface area contributed by atoms with Crippen molar-refractivity contribution in [2.45, 2.75) is 82.8 Å². The van der Waals surface area contributed by atoms with Crippen LogP contribution in [0.5, 0.6) is 5.75 Å². The smallest absolute Gasteiger partial charge is 0.146 e. The molecular weight excluding hydrogens is 378 g/mol. The first-order valence-corrected chi connectivity index (χ1v) is 11.2. The van der Waals surface area contributed by atoms with E-state index in [-0.39, 0.29) is 16.6 Å². The van der Waals surface area contributed by atoms with Gasteiger partial charge in [-0.1, -0.05) is 61.5 Å². The van der Waals surface area contributed by atoms with Crippen LogP contribution in [0, 0.1) is 0 Å². The fourth-order valence-corrected chi connectivity index (χ4v) is 4.12. The van der Waals surface area contributed by atoms with Crippen molar-refractivity contribution in [3.05, 3.63) is 41.5 Å². The molecule has 156 valence electrons. The lowest BCUT2D eigenvalue weighted by Gasteiger charge is -2.27. The predicted octanol–water partition coefficient (Wildman–Crippen LogP) is 6.61. The van der Waals surface area contributed by atoms with Gasteiger partial charge in [-0.05, 0) is 47.1 Å². The summed E-state index contributed by atoms with van der Waals surface area (Å²) in [6.07, 6.45) is 1.12. The van der Waals surface area contributed by atoms with Crippen molar-refractivity contribution in [3.63, 3.8) is 0 Å². The molecule has 1 heterocycles. The Morgan fingerprint density at radius 3 is 2.21 bits per heavy atom. The fourth-order valence-electron chi connectivity index (χ4n) is 3.17. The average Bonchev–Trinajstić information content (AvgIpc) is 3.02. The Kier molecular flexibility index (Phi) is 5.74. The molecule has 0 bridgehead atoms. The summed E-state index contributed by atoms with van der Waals surface area (Å²) in [5, 5.41) is 21.0. The van der Waals surface area contributed by atoms with Crippen molar-refractivity contribution in [1.29, 1.82) is 0 Å². The van der Waals surface area contributed by atoms with Crippen molar-refractivity contribution in [2.75, 3.05) is 0 Å². The van der Waals surface area contributed by atoms with E-state index < -0.39 is 0 Å². The number of aromatic nitrogens is 3. The molecule has 0 aliphatic carbocycles. The minimum absolute atomic E-state index is 0.0465. The van der Waals surface area contributed by atoms with Gasteiger partial charge in [0, 0.05) is 15.7 Å². The summed E-state index contributed by atoms with van der Waals surface area (Å²) in [5.74, 6) is 0.250. The van der Waals surface area contributed by atoms with Crippen LogP contribution in [0.2, 0.25) is 0 Å². The van der Waals surface area contributed by atoms with Crippen LogP contribution in [0.4, 0.5) is 0 Å². The highest BCUT2D eigenvalue weighted by atomic mass is 32.2. The Labute approximate surface area is 178 Å². The highest BCUT2D eigenvalue weighted by molar-refractivity contribution is 7.99. The second kappa shape index (κ2) is 7.67. The van der Waals surface area contributed by atoms with E-state index in [1.165, 1.54) is 4.90 Å². The van der Waals surface area contributed by atoms with Gasteiger partial charge in [0.15, 0.2) is 0 Å². The molecule has 0 saturated carbocycles. The third-order valence-electron chi connectivity index (χ3n) is 5.24. The number of benzene rings is 2. The molecule has 29 heavy (non-hydrogen) atoms. The van der Waals surface area contributed by atoms with E-state index in [9.17, 15) is 5.11 Å². The standard InChI is InChI=1S/C24H33N3OS/c1-9-15(2)29-17-10-11-19-20(14-17)26-27(25-19)21-13-16(23(3,4)5)12-18(22(21)28)24(6,7)8/h10-15,28H,9H2,1-8H3. The Morgan fingerprint density at radius 1 is 0.966 bits per heavy atom. The Hall–Kier alpha value is -2.01. The van der Waals surface area contributed by atoms with Gasteiger partial charge in [-0.3, -0.25) is 0 Å². The maximum Gasteiger partial charge on any atom is 0.146 e. The maximum atomic E-state index is 11.1. The molecule has 3 aromatic rings. The Bertz CT molecular complexity index is 1030. The molecule has 0 spiro atoms. The monoisotopic (exact) mass is 411 g/mol. The minimum Gasteiger partial charge on any atom is -0.505 e. The van der Waals surface area contributed by atoms with Crippen LogP contribution in [0.3, 0.4) is 0 Å². The molecule has 0 aliphatic rings. The number of aromatic hydroxyl groups is 1. The van der Waals surface area contributed by atoms with E-state index in [2.05, 4.69) is 78.7 Å². The normalized spacial score (nSPS) is 13.8. The number of thioether (sulfide) groups is 1. The Morgan fingerprint density at radius 2 is 1.62 bits per heavy atom. The van der Waals surface area contributed by atoms with Crippen LogP contribution in [-0.2, 0) is 10.8 Å². The van der Waals surface area contributed by atoms with Crippen molar-refractivity contribution in [2.24, 2.45) is 0 Å². The number of rotatable bonds is 4. The zero-order valence-electron chi connectivity index (χ0n) is 18.9. The summed E-state index contributed by atoms with van der Waals surface area (Å²) >= 11 is 1.85. The summed E-state index contributed by atoms with van der Waals surface area (Å²) in [6.45, 7) is 17.3. The largest absolute Gasteiger partial charge is 0.505 e. The van der Waals surface area contributed by atoms with Gasteiger partial charge >= 0.3 is 0 Å². The van der Waals surface area contributed by atoms with Crippen LogP contribution < -0.4 is 0 Å². The lowest BCUT2D eigenvalue weighted by Crippen LogP contribution is -2.18. The third kappa shape index (κ3) is 4.61. The van der Waals surface area contributed by atoms with Gasteiger partial charge in [-0.2, -0.15) is 0 Å². The molecule has 0 saturated heterocycles. The molecule has 0 amide bonds. The molecular formula is C24H33N3OS. The number of phenols is 1. The maximum absolute atomic E-state index is 11.1. The Balaban J connectivity index is 2.15. The molecule has 1 aromatic heterocycles. The van der Waals surface area contributed by atoms with E-state index in [0.717, 1.165) is 28.6 Å². The SMILES string of the molecule is CCC(C)Sc1ccc2nn(-c3cc(C(C)(C)C)cc(C(C)(C)C)c3O)nc2c1. The van der Waals surface area contributed by atoms with Gasteiger partial charge in [0.05, 0.1) is 0 Å². The molecule has 3 rings (SSSR count). The number of fused-ring (bicyclic) bond motifs is 1. The van der Waals surface area contributed by atoms with Crippen molar-refractivity contribution < 1.29 is 5.11 Å². The molecule has 1 atom stereocenters. The number of nitrogens with zero attached hydrogens (tertiary/aromatic N) is 3. The second-order valence-electron chi connectivity index (χ2n) is 9.87. The van der Waals surface area contributed by atoms with Crippen LogP contribution in [0.1, 0.15) is 72.9 Å². The van der Waals surface area contributed by atoms with Crippen LogP contribution in [0.25, 0.3) is 16.7 Å². The number of phenolic OH excluding ortho intramolecular Hbond substituents is 1. The third-order valence-corrected chi connectivity index (χ3v) is 6.51. The van der Waals surface area contributed by atoms with E-state index in [1.807, 2.05) is 23.9 Å². The topological polar surface area (TPSA) is 50.9 Å². The molecule has 1 N–H and O–H groups in total. The summed E-state index contributed by atoms with van der Waals surface area (Å²) in [7, 11) is 0. The first kappa shape index (κ1) is 21.7. The second-order valence-corrected chi connectivity index (χ2v) is 11.4. The van der Waals surface area contributed by atoms with Crippen LogP contribution >= 0.6 is 11.8 Å². The van der Waals surface area contributed by atoms with E-state index in [4.69, 9.17) is 5.10 Å². The first-order valence-electron chi connectivity index (χ1n) is 10.3. The van der Waals surface area contributed by atoms with Crippen LogP contribution in [-0.4, -0.2) is 25.4 Å². The van der Waals surface area contributed by atoms with Gasteiger partial charge < -0.3 is 5.11 Å². The zero-order chi connectivity index (χ0) is 21.6. The molecule has 4 nitrogen and oxygen atoms in total. The van der Waals surface area contributed by atoms with Gasteiger partial charge in [-0.15, -0.1) is 26.8 Å². The highest BCUT2D eigenvalue weighted by Crippen LogP contribution is 2.39. The summed E-state index contributed by atoms with van der Waals surface area (Å²) < 4.78 is 0. The van der Waals surface area contributed by atoms with Gasteiger partial charge in [-0.25, -0.2) is 0 Å². The van der Waals surface area contributed by atoms with Crippen molar-refractivity contribution >= 4 is 22.8 Å². The first-order chi connectivity index (χ1) is 13.4. The lowest BCUT2D eigenvalue weighted by molar-refractivity contribution is 0.438. The predicted molar refractivity (Wildman–Crippen MR) is 124 cm³/mol. The summed E-state index contributed by atoms with van der Waals surface area (Å²) in [5.41, 5.74) is 4.14. The van der Waals surface area contributed by atoms with Gasteiger partial charge in [0.25, 0.3) is 0 Å². The number of hydrogen-bond acceptors (Lipinski definition) is 4. The molecule has 2 aromatic carbocycles. The zero-order valence-corrected chi connectivity index (χ0v) is 19.7. The lowest BCUT2D eigenvalue weighted by atomic mass is 9.80. The van der Waals surface area contributed by atoms with E-state index in [1.54, 1.807) is 4.80 Å². The van der Waals surface area contributed by atoms with Gasteiger partial charge in [0.2, 0.25) is 0 Å². The fraction of sp³-hybridized carbons (Fsp3) is 0.500. The van der Waals surface area contributed by atoms with E-state index >= 15 is 0 Å². The summed E-state index contributed by atoms with van der Waals surface area (Å²) in [4.78, 5) is 2.78. The quantitative estimate of drug-likeness (QED) is 0.491. The minimum atomic E-state index is -0.188.